The second-order valence-electron chi connectivity index (χ2n) is 9.04. The molecule has 184 valence electrons. The predicted octanol–water partition coefficient (Wildman–Crippen LogP) is 3.61. The Balaban J connectivity index is 1.63. The Morgan fingerprint density at radius 1 is 1.23 bits per heavy atom. The van der Waals surface area contributed by atoms with Crippen LogP contribution in [0, 0.1) is 5.82 Å². The summed E-state index contributed by atoms with van der Waals surface area (Å²) in [6.07, 6.45) is 4.84. The van der Waals surface area contributed by atoms with Gasteiger partial charge in [0.15, 0.2) is 5.82 Å². The van der Waals surface area contributed by atoms with Crippen LogP contribution >= 0.6 is 0 Å². The van der Waals surface area contributed by atoms with Crippen LogP contribution in [0.3, 0.4) is 0 Å². The van der Waals surface area contributed by atoms with E-state index in [2.05, 4.69) is 51.8 Å². The number of fused-ring (bicyclic) bond motifs is 1. The van der Waals surface area contributed by atoms with E-state index in [1.807, 2.05) is 0 Å². The van der Waals surface area contributed by atoms with Gasteiger partial charge in [0.05, 0.1) is 17.9 Å². The molecule has 35 heavy (non-hydrogen) atoms. The number of anilines is 1. The average Bonchev–Trinajstić information content (AvgIpc) is 2.88. The van der Waals surface area contributed by atoms with E-state index in [0.717, 1.165) is 19.3 Å². The predicted molar refractivity (Wildman–Crippen MR) is 136 cm³/mol. The average molecular weight is 478 g/mol. The molecule has 1 aromatic heterocycles. The summed E-state index contributed by atoms with van der Waals surface area (Å²) in [7, 11) is 3.75. The summed E-state index contributed by atoms with van der Waals surface area (Å²) in [4.78, 5) is 32.3. The molecule has 1 heterocycles. The molecule has 1 unspecified atom stereocenters. The minimum Gasteiger partial charge on any atom is -0.309 e. The maximum Gasteiger partial charge on any atom is 0.294 e. The molecule has 3 aromatic rings. The third-order valence-corrected chi connectivity index (χ3v) is 6.81. The first-order valence-corrected chi connectivity index (χ1v) is 12.0. The van der Waals surface area contributed by atoms with Crippen LogP contribution in [0.4, 0.5) is 10.2 Å². The number of carbonyl (C=O) groups excluding carboxylic acids is 1. The number of aryl methyl sites for hydroxylation is 1. The first kappa shape index (κ1) is 24.8. The van der Waals surface area contributed by atoms with Gasteiger partial charge in [0.1, 0.15) is 5.82 Å². The van der Waals surface area contributed by atoms with Gasteiger partial charge in [-0.05, 0) is 75.7 Å². The summed E-state index contributed by atoms with van der Waals surface area (Å²) in [5.41, 5.74) is 3.60. The molecule has 2 atom stereocenters. The molecule has 7 nitrogen and oxygen atoms in total. The number of hydrogen-bond acceptors (Lipinski definition) is 5. The number of nitrogens with zero attached hydrogens (tertiary/aromatic N) is 3. The first-order valence-electron chi connectivity index (χ1n) is 12.0. The molecule has 0 radical (unpaired) electrons. The molecule has 2 N–H and O–H groups in total. The molecule has 2 aromatic carbocycles. The van der Waals surface area contributed by atoms with Crippen molar-refractivity contribution in [3.63, 3.8) is 0 Å². The van der Waals surface area contributed by atoms with Gasteiger partial charge in [0.25, 0.3) is 5.56 Å². The van der Waals surface area contributed by atoms with Gasteiger partial charge in [-0.15, -0.1) is 0 Å². The van der Waals surface area contributed by atoms with E-state index >= 15 is 0 Å². The van der Waals surface area contributed by atoms with Crippen molar-refractivity contribution in [2.75, 3.05) is 26.0 Å². The topological polar surface area (TPSA) is 79.3 Å². The number of rotatable bonds is 8. The zero-order valence-electron chi connectivity index (χ0n) is 20.4. The number of carbonyl (C=O) groups is 1. The zero-order chi connectivity index (χ0) is 24.9. The Morgan fingerprint density at radius 2 is 1.97 bits per heavy atom. The van der Waals surface area contributed by atoms with Gasteiger partial charge in [-0.1, -0.05) is 24.3 Å². The minimum atomic E-state index is -0.473. The molecular weight excluding hydrogens is 445 g/mol. The van der Waals surface area contributed by atoms with Crippen molar-refractivity contribution in [2.45, 2.75) is 44.8 Å². The highest BCUT2D eigenvalue weighted by Crippen LogP contribution is 2.33. The van der Waals surface area contributed by atoms with E-state index in [0.29, 0.717) is 24.3 Å². The van der Waals surface area contributed by atoms with E-state index < -0.39 is 6.04 Å². The van der Waals surface area contributed by atoms with Gasteiger partial charge in [0, 0.05) is 24.7 Å². The maximum atomic E-state index is 13.5. The van der Waals surface area contributed by atoms with Crippen molar-refractivity contribution in [1.82, 2.24) is 19.8 Å². The van der Waals surface area contributed by atoms with Gasteiger partial charge in [-0.3, -0.25) is 14.5 Å². The highest BCUT2D eigenvalue weighted by molar-refractivity contribution is 5.93. The van der Waals surface area contributed by atoms with Gasteiger partial charge >= 0.3 is 0 Å². The van der Waals surface area contributed by atoms with Crippen LogP contribution in [0.5, 0.6) is 0 Å². The molecule has 4 rings (SSSR count). The molecule has 8 heteroatoms. The van der Waals surface area contributed by atoms with E-state index in [4.69, 9.17) is 0 Å². The normalized spacial score (nSPS) is 16.1. The minimum absolute atomic E-state index is 0.0198. The molecule has 1 aliphatic carbocycles. The molecule has 0 fully saturated rings. The van der Waals surface area contributed by atoms with Crippen molar-refractivity contribution in [3.8, 4) is 11.3 Å². The number of likely N-dealkylation sites (N-methyl/N-ethyl adjacent to an activating group) is 2. The first-order chi connectivity index (χ1) is 16.9. The summed E-state index contributed by atoms with van der Waals surface area (Å²) in [6, 6.07) is 14.3. The van der Waals surface area contributed by atoms with Crippen LogP contribution in [0.2, 0.25) is 0 Å². The van der Waals surface area contributed by atoms with Crippen LogP contribution in [0.15, 0.2) is 59.5 Å². The van der Waals surface area contributed by atoms with Crippen LogP contribution in [0.25, 0.3) is 11.3 Å². The van der Waals surface area contributed by atoms with E-state index in [9.17, 15) is 14.0 Å². The number of nitrogens with one attached hydrogen (secondary N) is 2. The zero-order valence-corrected chi connectivity index (χ0v) is 20.4. The van der Waals surface area contributed by atoms with Crippen LogP contribution < -0.4 is 16.2 Å². The quantitative estimate of drug-likeness (QED) is 0.518. The number of hydrogen-bond donors (Lipinski definition) is 2. The smallest absolute Gasteiger partial charge is 0.294 e. The number of amides is 1. The van der Waals surface area contributed by atoms with Gasteiger partial charge in [-0.2, -0.15) is 0 Å². The fraction of sp³-hybridized carbons (Fsp3) is 0.370. The Kier molecular flexibility index (Phi) is 7.73. The monoisotopic (exact) mass is 477 g/mol. The summed E-state index contributed by atoms with van der Waals surface area (Å²) in [5, 5.41) is 5.49. The highest BCUT2D eigenvalue weighted by Gasteiger charge is 2.24. The van der Waals surface area contributed by atoms with Crippen molar-refractivity contribution in [1.29, 1.82) is 0 Å². The van der Waals surface area contributed by atoms with Crippen LogP contribution in [-0.2, 0) is 17.8 Å². The maximum absolute atomic E-state index is 13.5. The van der Waals surface area contributed by atoms with Crippen LogP contribution in [-0.4, -0.2) is 47.0 Å². The highest BCUT2D eigenvalue weighted by atomic mass is 19.1. The number of halogens is 1. The van der Waals surface area contributed by atoms with Crippen LogP contribution in [0.1, 0.15) is 36.9 Å². The molecule has 0 spiro atoms. The Hall–Kier alpha value is -3.36. The fourth-order valence-corrected chi connectivity index (χ4v) is 4.60. The lowest BCUT2D eigenvalue weighted by molar-refractivity contribution is -0.117. The molecule has 0 saturated heterocycles. The van der Waals surface area contributed by atoms with Gasteiger partial charge in [-0.25, -0.2) is 9.37 Å². The Labute approximate surface area is 205 Å². The third-order valence-electron chi connectivity index (χ3n) is 6.81. The van der Waals surface area contributed by atoms with Crippen molar-refractivity contribution >= 4 is 11.7 Å². The van der Waals surface area contributed by atoms with E-state index in [1.165, 1.54) is 23.3 Å². The fourth-order valence-electron chi connectivity index (χ4n) is 4.60. The standard InChI is InChI=1S/C27H32FN5O2/c1-18(29-2)26(34)31-25-27(35)33(24(17-30-25)20-11-13-21(28)14-12-20)16-15-32(3)23-10-6-8-19-7-4-5-9-22(19)23/h4-5,7,9,11-14,17-18,23,29H,6,8,10,15-16H2,1-3H3,(H,30,31,34)/t18?,23-/m1/s1. The molecule has 0 saturated carbocycles. The molecule has 0 aliphatic heterocycles. The lowest BCUT2D eigenvalue weighted by atomic mass is 9.87. The Bertz CT molecular complexity index is 1240. The lowest BCUT2D eigenvalue weighted by Gasteiger charge is -2.33. The van der Waals surface area contributed by atoms with E-state index in [-0.39, 0.29) is 29.1 Å². The van der Waals surface area contributed by atoms with Gasteiger partial charge < -0.3 is 15.2 Å². The lowest BCUT2D eigenvalue weighted by Crippen LogP contribution is -2.39. The molecule has 1 aliphatic rings. The molecule has 1 amide bonds. The van der Waals surface area contributed by atoms with Gasteiger partial charge in [0.2, 0.25) is 5.91 Å². The molecule has 0 bridgehead atoms. The van der Waals surface area contributed by atoms with E-state index in [1.54, 1.807) is 36.9 Å². The summed E-state index contributed by atoms with van der Waals surface area (Å²) >= 11 is 0. The second-order valence-corrected chi connectivity index (χ2v) is 9.04. The number of benzene rings is 2. The summed E-state index contributed by atoms with van der Waals surface area (Å²) in [6.45, 7) is 2.73. The molecular formula is C27H32FN5O2. The largest absolute Gasteiger partial charge is 0.309 e. The van der Waals surface area contributed by atoms with Crippen molar-refractivity contribution < 1.29 is 9.18 Å². The summed E-state index contributed by atoms with van der Waals surface area (Å²) in [5.74, 6) is -0.709. The summed E-state index contributed by atoms with van der Waals surface area (Å²) < 4.78 is 15.2. The van der Waals surface area contributed by atoms with Crippen molar-refractivity contribution in [3.05, 3.63) is 82.0 Å². The van der Waals surface area contributed by atoms with Crippen molar-refractivity contribution in [2.24, 2.45) is 0 Å². The SMILES string of the molecule is CNC(C)C(=O)Nc1ncc(-c2ccc(F)cc2)n(CCN(C)[C@@H]2CCCc3ccccc32)c1=O. The third kappa shape index (κ3) is 5.49. The number of aromatic nitrogens is 2. The Morgan fingerprint density at radius 3 is 2.71 bits per heavy atom. The second kappa shape index (κ2) is 10.9.